The fraction of sp³-hybridized carbons (Fsp3) is 0.471. The Morgan fingerprint density at radius 1 is 1.04 bits per heavy atom. The van der Waals surface area contributed by atoms with Gasteiger partial charge in [-0.15, -0.1) is 10.2 Å². The lowest BCUT2D eigenvalue weighted by Gasteiger charge is -2.31. The Bertz CT molecular complexity index is 787. The smallest absolute Gasteiger partial charge is 0.154 e. The molecule has 4 rings (SSSR count). The molecule has 0 saturated carbocycles. The first-order valence-corrected chi connectivity index (χ1v) is 8.61. The van der Waals surface area contributed by atoms with Crippen LogP contribution in [0.4, 0.5) is 0 Å². The third-order valence-corrected chi connectivity index (χ3v) is 4.88. The zero-order chi connectivity index (χ0) is 17.1. The van der Waals surface area contributed by atoms with E-state index in [0.29, 0.717) is 12.5 Å². The number of nitrogens with zero attached hydrogens (tertiary/aromatic N) is 8. The molecule has 0 N–H and O–H groups in total. The van der Waals surface area contributed by atoms with Crippen molar-refractivity contribution in [1.82, 2.24) is 39.4 Å². The molecule has 0 unspecified atom stereocenters. The minimum absolute atomic E-state index is 0.468. The van der Waals surface area contributed by atoms with Gasteiger partial charge in [-0.05, 0) is 43.6 Å². The Kier molecular flexibility index (Phi) is 4.51. The van der Waals surface area contributed by atoms with Crippen molar-refractivity contribution in [2.45, 2.75) is 31.8 Å². The van der Waals surface area contributed by atoms with Crippen LogP contribution >= 0.6 is 0 Å². The highest BCUT2D eigenvalue weighted by Gasteiger charge is 2.25. The van der Waals surface area contributed by atoms with Crippen molar-refractivity contribution in [2.75, 3.05) is 13.1 Å². The Morgan fingerprint density at radius 2 is 1.84 bits per heavy atom. The lowest BCUT2D eigenvalue weighted by atomic mass is 9.95. The lowest BCUT2D eigenvalue weighted by molar-refractivity contribution is 0.200. The molecule has 0 atom stereocenters. The van der Waals surface area contributed by atoms with E-state index in [-0.39, 0.29) is 0 Å². The van der Waals surface area contributed by atoms with Gasteiger partial charge >= 0.3 is 0 Å². The van der Waals surface area contributed by atoms with Crippen LogP contribution in [-0.2, 0) is 20.1 Å². The third kappa shape index (κ3) is 3.58. The summed E-state index contributed by atoms with van der Waals surface area (Å²) in [5.74, 6) is 2.47. The molecule has 0 aromatic carbocycles. The maximum Gasteiger partial charge on any atom is 0.154 e. The van der Waals surface area contributed by atoms with E-state index >= 15 is 0 Å². The van der Waals surface area contributed by atoms with Gasteiger partial charge in [0.2, 0.25) is 0 Å². The van der Waals surface area contributed by atoms with E-state index in [2.05, 4.69) is 46.9 Å². The van der Waals surface area contributed by atoms with Crippen molar-refractivity contribution in [1.29, 1.82) is 0 Å². The quantitative estimate of drug-likeness (QED) is 0.696. The van der Waals surface area contributed by atoms with Gasteiger partial charge < -0.3 is 4.57 Å². The Labute approximate surface area is 146 Å². The summed E-state index contributed by atoms with van der Waals surface area (Å²) in [6.07, 6.45) is 9.18. The van der Waals surface area contributed by atoms with Crippen LogP contribution in [0.15, 0.2) is 37.2 Å². The molecular weight excluding hydrogens is 316 g/mol. The van der Waals surface area contributed by atoms with Crippen molar-refractivity contribution < 1.29 is 0 Å². The van der Waals surface area contributed by atoms with Crippen LogP contribution in [-0.4, -0.2) is 52.5 Å². The van der Waals surface area contributed by atoms with Crippen LogP contribution in [0.2, 0.25) is 0 Å². The van der Waals surface area contributed by atoms with E-state index in [1.165, 1.54) is 11.9 Å². The zero-order valence-corrected chi connectivity index (χ0v) is 14.4. The summed E-state index contributed by atoms with van der Waals surface area (Å²) in [7, 11) is 2.05. The molecule has 1 fully saturated rings. The second kappa shape index (κ2) is 7.10. The molecule has 3 aromatic rings. The Balaban J connectivity index is 1.37. The first-order valence-electron chi connectivity index (χ1n) is 8.61. The average molecular weight is 338 g/mol. The number of hydrogen-bond donors (Lipinski definition) is 0. The number of piperidine rings is 1. The molecule has 25 heavy (non-hydrogen) atoms. The zero-order valence-electron chi connectivity index (χ0n) is 14.4. The highest BCUT2D eigenvalue weighted by Crippen LogP contribution is 2.27. The molecule has 1 aliphatic heterocycles. The maximum atomic E-state index is 4.45. The molecule has 4 heterocycles. The number of pyridine rings is 1. The summed E-state index contributed by atoms with van der Waals surface area (Å²) in [5, 5.41) is 12.9. The molecule has 1 aliphatic rings. The van der Waals surface area contributed by atoms with Gasteiger partial charge in [0.25, 0.3) is 0 Å². The Morgan fingerprint density at radius 3 is 2.56 bits per heavy atom. The molecule has 3 aromatic heterocycles. The van der Waals surface area contributed by atoms with E-state index < -0.39 is 0 Å². The van der Waals surface area contributed by atoms with Crippen LogP contribution in [0.25, 0.3) is 0 Å². The number of hydrogen-bond acceptors (Lipinski definition) is 6. The van der Waals surface area contributed by atoms with Crippen molar-refractivity contribution >= 4 is 0 Å². The predicted molar refractivity (Wildman–Crippen MR) is 91.6 cm³/mol. The van der Waals surface area contributed by atoms with Crippen molar-refractivity contribution in [3.63, 3.8) is 0 Å². The van der Waals surface area contributed by atoms with Crippen LogP contribution < -0.4 is 0 Å². The van der Waals surface area contributed by atoms with Gasteiger partial charge in [0.15, 0.2) is 5.82 Å². The van der Waals surface area contributed by atoms with Gasteiger partial charge in [0.05, 0.1) is 0 Å². The molecule has 0 amide bonds. The Hall–Kier alpha value is -2.61. The maximum absolute atomic E-state index is 4.45. The predicted octanol–water partition coefficient (Wildman–Crippen LogP) is 1.23. The van der Waals surface area contributed by atoms with E-state index in [1.54, 1.807) is 11.0 Å². The van der Waals surface area contributed by atoms with Gasteiger partial charge in [0.1, 0.15) is 25.0 Å². The molecule has 0 radical (unpaired) electrons. The highest BCUT2D eigenvalue weighted by molar-refractivity contribution is 5.10. The second-order valence-electron chi connectivity index (χ2n) is 6.53. The van der Waals surface area contributed by atoms with Crippen LogP contribution in [0, 0.1) is 0 Å². The fourth-order valence-corrected chi connectivity index (χ4v) is 3.42. The molecule has 1 saturated heterocycles. The van der Waals surface area contributed by atoms with Gasteiger partial charge in [0, 0.05) is 31.9 Å². The largest absolute Gasteiger partial charge is 0.316 e. The van der Waals surface area contributed by atoms with Crippen molar-refractivity contribution in [3.8, 4) is 0 Å². The summed E-state index contributed by atoms with van der Waals surface area (Å²) < 4.78 is 3.88. The number of aromatic nitrogens is 7. The first kappa shape index (κ1) is 15.9. The van der Waals surface area contributed by atoms with E-state index in [9.17, 15) is 0 Å². The van der Waals surface area contributed by atoms with E-state index in [0.717, 1.165) is 44.1 Å². The SMILES string of the molecule is Cn1c(Cn2cncn2)nnc1C1CCN(Cc2ccncc2)CC1. The van der Waals surface area contributed by atoms with Crippen LogP contribution in [0.1, 0.15) is 36.0 Å². The second-order valence-corrected chi connectivity index (χ2v) is 6.53. The van der Waals surface area contributed by atoms with Gasteiger partial charge in [-0.1, -0.05) is 0 Å². The molecule has 130 valence electrons. The molecule has 8 heteroatoms. The fourth-order valence-electron chi connectivity index (χ4n) is 3.42. The van der Waals surface area contributed by atoms with Gasteiger partial charge in [-0.3, -0.25) is 9.88 Å². The molecule has 8 nitrogen and oxygen atoms in total. The van der Waals surface area contributed by atoms with Crippen molar-refractivity contribution in [3.05, 3.63) is 54.4 Å². The summed E-state index contributed by atoms with van der Waals surface area (Å²) >= 11 is 0. The van der Waals surface area contributed by atoms with Gasteiger partial charge in [-0.2, -0.15) is 5.10 Å². The topological polar surface area (TPSA) is 77.5 Å². The van der Waals surface area contributed by atoms with Crippen LogP contribution in [0.5, 0.6) is 0 Å². The first-order chi connectivity index (χ1) is 12.3. The summed E-state index contributed by atoms with van der Waals surface area (Å²) in [4.78, 5) is 10.6. The third-order valence-electron chi connectivity index (χ3n) is 4.88. The normalized spacial score (nSPS) is 16.4. The number of likely N-dealkylation sites (tertiary alicyclic amines) is 1. The molecular formula is C17H22N8. The summed E-state index contributed by atoms with van der Waals surface area (Å²) in [6, 6.07) is 4.18. The lowest BCUT2D eigenvalue weighted by Crippen LogP contribution is -2.33. The minimum Gasteiger partial charge on any atom is -0.316 e. The summed E-state index contributed by atoms with van der Waals surface area (Å²) in [5.41, 5.74) is 1.32. The summed E-state index contributed by atoms with van der Waals surface area (Å²) in [6.45, 7) is 3.76. The van der Waals surface area contributed by atoms with Crippen molar-refractivity contribution in [2.24, 2.45) is 7.05 Å². The number of rotatable bonds is 5. The van der Waals surface area contributed by atoms with Crippen LogP contribution in [0.3, 0.4) is 0 Å². The minimum atomic E-state index is 0.468. The monoisotopic (exact) mass is 338 g/mol. The van der Waals surface area contributed by atoms with E-state index in [4.69, 9.17) is 0 Å². The van der Waals surface area contributed by atoms with E-state index in [1.807, 2.05) is 19.4 Å². The molecule has 0 spiro atoms. The standard InChI is InChI=1S/C17H22N8/c1-23-16(11-25-13-19-12-20-25)21-22-17(23)15-4-8-24(9-5-15)10-14-2-6-18-7-3-14/h2-3,6-7,12-13,15H,4-5,8-11H2,1H3. The van der Waals surface area contributed by atoms with Gasteiger partial charge in [-0.25, -0.2) is 9.67 Å². The molecule has 0 aliphatic carbocycles. The average Bonchev–Trinajstić information content (AvgIpc) is 3.28. The highest BCUT2D eigenvalue weighted by atomic mass is 15.4. The molecule has 0 bridgehead atoms.